The number of hydrogen-bond donors (Lipinski definition) is 0. The van der Waals surface area contributed by atoms with Crippen LogP contribution in [-0.2, 0) is 26.1 Å². The Kier molecular flexibility index (Phi) is 5.97. The maximum atomic E-state index is 12.3. The van der Waals surface area contributed by atoms with E-state index in [9.17, 15) is 4.57 Å². The van der Waals surface area contributed by atoms with E-state index in [1.54, 1.807) is 0 Å². The Morgan fingerprint density at radius 2 is 1.53 bits per heavy atom. The minimum absolute atomic E-state index is 0.346. The largest absolute Gasteiger partial charge is 0.335 e. The first-order chi connectivity index (χ1) is 8.13. The molecule has 1 aromatic carbocycles. The molecule has 17 heavy (non-hydrogen) atoms. The van der Waals surface area contributed by atoms with Crippen LogP contribution in [-0.4, -0.2) is 21.1 Å². The molecule has 0 radical (unpaired) electrons. The second-order valence-corrected chi connectivity index (χ2v) is 5.83. The van der Waals surface area contributed by atoms with Crippen molar-refractivity contribution in [3.63, 3.8) is 0 Å². The molecule has 0 atom stereocenters. The molecule has 0 amide bonds. The van der Waals surface area contributed by atoms with Crippen molar-refractivity contribution in [2.24, 2.45) is 0 Å². The average Bonchev–Trinajstić information content (AvgIpc) is 2.30. The number of rotatable bonds is 7. The predicted octanol–water partition coefficient (Wildman–Crippen LogP) is 2.59. The summed E-state index contributed by atoms with van der Waals surface area (Å²) >= 11 is 0. The van der Waals surface area contributed by atoms with Gasteiger partial charge in [-0.05, 0) is 19.4 Å². The van der Waals surface area contributed by atoms with E-state index in [1.807, 2.05) is 26.0 Å². The van der Waals surface area contributed by atoms with Gasteiger partial charge in [0.1, 0.15) is 7.85 Å². The van der Waals surface area contributed by atoms with Crippen LogP contribution in [0.5, 0.6) is 0 Å². The summed E-state index contributed by atoms with van der Waals surface area (Å²) in [6.07, 6.45) is 1.35. The quantitative estimate of drug-likeness (QED) is 0.554. The SMILES string of the molecule is BCc1ccc(CP(=O)(OCC)OCC)cc1. The van der Waals surface area contributed by atoms with Gasteiger partial charge in [-0.25, -0.2) is 0 Å². The highest BCUT2D eigenvalue weighted by Gasteiger charge is 2.23. The van der Waals surface area contributed by atoms with Crippen molar-refractivity contribution in [3.05, 3.63) is 35.4 Å². The molecule has 0 unspecified atom stereocenters. The highest BCUT2D eigenvalue weighted by molar-refractivity contribution is 7.53. The van der Waals surface area contributed by atoms with Gasteiger partial charge in [0.25, 0.3) is 0 Å². The molecule has 0 aliphatic rings. The minimum atomic E-state index is -2.96. The van der Waals surface area contributed by atoms with Gasteiger partial charge in [-0.3, -0.25) is 4.57 Å². The summed E-state index contributed by atoms with van der Waals surface area (Å²) in [5, 5.41) is 0. The molecule has 3 nitrogen and oxygen atoms in total. The lowest BCUT2D eigenvalue weighted by Crippen LogP contribution is -1.99. The smallest absolute Gasteiger partial charge is 0.309 e. The fraction of sp³-hybridized carbons (Fsp3) is 0.500. The topological polar surface area (TPSA) is 35.5 Å². The van der Waals surface area contributed by atoms with Crippen molar-refractivity contribution in [2.75, 3.05) is 13.2 Å². The van der Waals surface area contributed by atoms with Crippen LogP contribution in [0.25, 0.3) is 0 Å². The second kappa shape index (κ2) is 7.00. The van der Waals surface area contributed by atoms with Gasteiger partial charge in [0, 0.05) is 0 Å². The van der Waals surface area contributed by atoms with Crippen molar-refractivity contribution in [1.29, 1.82) is 0 Å². The molecule has 0 spiro atoms. The maximum absolute atomic E-state index is 12.3. The molecule has 1 aromatic rings. The summed E-state index contributed by atoms with van der Waals surface area (Å²) in [5.41, 5.74) is 2.27. The van der Waals surface area contributed by atoms with Crippen molar-refractivity contribution in [1.82, 2.24) is 0 Å². The summed E-state index contributed by atoms with van der Waals surface area (Å²) < 4.78 is 22.8. The Labute approximate surface area is 104 Å². The van der Waals surface area contributed by atoms with Crippen LogP contribution >= 0.6 is 7.60 Å². The van der Waals surface area contributed by atoms with Gasteiger partial charge < -0.3 is 9.05 Å². The predicted molar refractivity (Wildman–Crippen MR) is 73.3 cm³/mol. The first-order valence-corrected chi connectivity index (χ1v) is 7.82. The van der Waals surface area contributed by atoms with Crippen LogP contribution in [0, 0.1) is 0 Å². The first kappa shape index (κ1) is 14.5. The summed E-state index contributed by atoms with van der Waals surface area (Å²) in [4.78, 5) is 0. The summed E-state index contributed by atoms with van der Waals surface area (Å²) in [6.45, 7) is 4.46. The third-order valence-electron chi connectivity index (χ3n) is 2.46. The normalized spacial score (nSPS) is 11.6. The van der Waals surface area contributed by atoms with Crippen molar-refractivity contribution >= 4 is 15.4 Å². The lowest BCUT2D eigenvalue weighted by Gasteiger charge is -2.17. The zero-order chi connectivity index (χ0) is 12.7. The molecule has 1 rings (SSSR count). The van der Waals surface area contributed by atoms with Crippen molar-refractivity contribution < 1.29 is 13.6 Å². The molecule has 0 aliphatic carbocycles. The van der Waals surface area contributed by atoms with Crippen LogP contribution in [0.15, 0.2) is 24.3 Å². The molecule has 5 heteroatoms. The van der Waals surface area contributed by atoms with Gasteiger partial charge in [0.15, 0.2) is 0 Å². The van der Waals surface area contributed by atoms with Crippen LogP contribution in [0.1, 0.15) is 25.0 Å². The summed E-state index contributed by atoms with van der Waals surface area (Å²) in [7, 11) is -0.853. The van der Waals surface area contributed by atoms with Gasteiger partial charge in [-0.1, -0.05) is 36.1 Å². The van der Waals surface area contributed by atoms with Gasteiger partial charge in [-0.2, -0.15) is 0 Å². The molecule has 0 aliphatic heterocycles. The lowest BCUT2D eigenvalue weighted by molar-refractivity contribution is 0.219. The van der Waals surface area contributed by atoms with Crippen LogP contribution in [0.3, 0.4) is 0 Å². The Balaban J connectivity index is 2.75. The third kappa shape index (κ3) is 4.67. The van der Waals surface area contributed by atoms with Crippen molar-refractivity contribution in [3.8, 4) is 0 Å². The monoisotopic (exact) mass is 254 g/mol. The minimum Gasteiger partial charge on any atom is -0.309 e. The Bertz CT molecular complexity index is 368. The molecule has 0 aromatic heterocycles. The highest BCUT2D eigenvalue weighted by atomic mass is 31.2. The fourth-order valence-corrected chi connectivity index (χ4v) is 3.33. The van der Waals surface area contributed by atoms with E-state index >= 15 is 0 Å². The van der Waals surface area contributed by atoms with E-state index in [-0.39, 0.29) is 0 Å². The molecule has 0 heterocycles. The zero-order valence-electron chi connectivity index (χ0n) is 10.8. The Morgan fingerprint density at radius 3 is 1.94 bits per heavy atom. The molecule has 94 valence electrons. The lowest BCUT2D eigenvalue weighted by atomic mass is 9.96. The summed E-state index contributed by atoms with van der Waals surface area (Å²) in [5.74, 6) is 0. The van der Waals surface area contributed by atoms with E-state index < -0.39 is 7.60 Å². The molecule has 0 N–H and O–H groups in total. The fourth-order valence-electron chi connectivity index (χ4n) is 1.63. The van der Waals surface area contributed by atoms with Gasteiger partial charge in [-0.15, -0.1) is 0 Å². The van der Waals surface area contributed by atoms with Crippen molar-refractivity contribution in [2.45, 2.75) is 26.3 Å². The second-order valence-electron chi connectivity index (χ2n) is 3.77. The molecule has 0 bridgehead atoms. The van der Waals surface area contributed by atoms with Crippen LogP contribution < -0.4 is 0 Å². The van der Waals surface area contributed by atoms with E-state index in [4.69, 9.17) is 9.05 Å². The third-order valence-corrected chi connectivity index (χ3v) is 4.51. The van der Waals surface area contributed by atoms with Crippen LogP contribution in [0.2, 0.25) is 0 Å². The van der Waals surface area contributed by atoms with E-state index in [1.165, 1.54) is 5.56 Å². The van der Waals surface area contributed by atoms with Gasteiger partial charge in [0.05, 0.1) is 19.4 Å². The standard InChI is InChI=1S/C12H20BO3P/c1-3-15-17(14,16-4-2)10-12-7-5-11(9-13)6-8-12/h5-8H,3-4,9-10,13H2,1-2H3. The molecule has 0 saturated carbocycles. The average molecular weight is 254 g/mol. The Hall–Kier alpha value is -0.565. The highest BCUT2D eigenvalue weighted by Crippen LogP contribution is 2.51. The maximum Gasteiger partial charge on any atom is 0.335 e. The van der Waals surface area contributed by atoms with E-state index in [0.717, 1.165) is 11.9 Å². The number of benzene rings is 1. The number of hydrogen-bond acceptors (Lipinski definition) is 3. The first-order valence-electron chi connectivity index (χ1n) is 6.09. The van der Waals surface area contributed by atoms with Crippen LogP contribution in [0.4, 0.5) is 0 Å². The van der Waals surface area contributed by atoms with E-state index in [2.05, 4.69) is 20.0 Å². The molecule has 0 saturated heterocycles. The van der Waals surface area contributed by atoms with Gasteiger partial charge >= 0.3 is 7.60 Å². The van der Waals surface area contributed by atoms with Gasteiger partial charge in [0.2, 0.25) is 0 Å². The molecule has 0 fully saturated rings. The van der Waals surface area contributed by atoms with E-state index in [0.29, 0.717) is 19.4 Å². The molecular formula is C12H20BO3P. The zero-order valence-corrected chi connectivity index (χ0v) is 11.7. The summed E-state index contributed by atoms with van der Waals surface area (Å²) in [6, 6.07) is 8.09. The Morgan fingerprint density at radius 1 is 1.06 bits per heavy atom. The molecular weight excluding hydrogens is 234 g/mol.